The van der Waals surface area contributed by atoms with Crippen LogP contribution in [-0.4, -0.2) is 3.21 Å². The van der Waals surface area contributed by atoms with Crippen molar-refractivity contribution in [2.45, 2.75) is 17.6 Å². The summed E-state index contributed by atoms with van der Waals surface area (Å²) in [6, 6.07) is 42.7. The van der Waals surface area contributed by atoms with E-state index < -0.39 is 28.9 Å². The average molecular weight is 894 g/mol. The Labute approximate surface area is 342 Å². The van der Waals surface area contributed by atoms with Crippen molar-refractivity contribution in [2.75, 3.05) is 0 Å². The van der Waals surface area contributed by atoms with E-state index in [1.165, 1.54) is 50.3 Å². The molecular weight excluding hydrogens is 867 g/mol. The maximum Gasteiger partial charge on any atom is -1.00 e. The van der Waals surface area contributed by atoms with Crippen LogP contribution in [0.1, 0.15) is 43.4 Å². The van der Waals surface area contributed by atoms with Crippen molar-refractivity contribution in [1.29, 1.82) is 0 Å². The smallest absolute Gasteiger partial charge is 1.00 e. The number of benzene rings is 6. The van der Waals surface area contributed by atoms with Gasteiger partial charge >= 0.3 is 321 Å². The number of fused-ring (bicyclic) bond motifs is 8. The Kier molecular flexibility index (Phi) is 11.5. The molecule has 0 aromatic heterocycles. The Hall–Kier alpha value is -1.61. The minimum absolute atomic E-state index is 0. The molecule has 250 valence electrons. The van der Waals surface area contributed by atoms with Gasteiger partial charge in [0.25, 0.3) is 0 Å². The molecule has 0 heterocycles. The molecule has 0 amide bonds. The zero-order valence-corrected chi connectivity index (χ0v) is 34.6. The van der Waals surface area contributed by atoms with Crippen LogP contribution in [0.2, 0.25) is 0 Å². The van der Waals surface area contributed by atoms with Gasteiger partial charge in [-0.15, -0.1) is 0 Å². The second kappa shape index (κ2) is 15.0. The minimum atomic E-state index is -3.15. The Morgan fingerprint density at radius 2 is 1.10 bits per heavy atom. The molecule has 2 aliphatic rings. The Balaban J connectivity index is 0.00000216. The molecule has 1 atom stereocenters. The van der Waals surface area contributed by atoms with Gasteiger partial charge in [-0.3, -0.25) is 0 Å². The van der Waals surface area contributed by atoms with Gasteiger partial charge in [-0.1, -0.05) is 0 Å². The van der Waals surface area contributed by atoms with E-state index in [1.807, 2.05) is 36.4 Å². The number of allylic oxidation sites excluding steroid dienone is 4. The number of hydrogen-bond acceptors (Lipinski definition) is 0. The molecule has 9 heteroatoms. The summed E-state index contributed by atoms with van der Waals surface area (Å²) >= 11 is 36.0. The number of alkyl halides is 6. The van der Waals surface area contributed by atoms with Gasteiger partial charge in [0, 0.05) is 0 Å². The van der Waals surface area contributed by atoms with Crippen molar-refractivity contribution < 1.29 is 46.1 Å². The van der Waals surface area contributed by atoms with Crippen molar-refractivity contribution in [1.82, 2.24) is 0 Å². The van der Waals surface area contributed by atoms with Crippen LogP contribution in [0, 0.1) is 0 Å². The molecule has 0 radical (unpaired) electrons. The van der Waals surface area contributed by atoms with Gasteiger partial charge in [0.05, 0.1) is 0 Å². The third-order valence-corrected chi connectivity index (χ3v) is 19.0. The third-order valence-electron chi connectivity index (χ3n) is 9.44. The SMILES string of the molecule is ClC(Cl)(Cl)c1cccc([C](c2cccc(C(Cl)(Cl)Cl)c2)=[Zr+2]([C]2=CC=CC2)[CH]2c3ccccc3-c3c2c2ccccc2c2ccccc32)c1.[Cl-].[Cl-]. The molecule has 6 aromatic carbocycles. The number of hydrogen-bond donors (Lipinski definition) is 0. The van der Waals surface area contributed by atoms with Crippen LogP contribution < -0.4 is 24.8 Å². The maximum atomic E-state index is 6.52. The molecule has 2 aliphatic carbocycles. The van der Waals surface area contributed by atoms with Crippen LogP contribution in [0.4, 0.5) is 0 Å². The van der Waals surface area contributed by atoms with Gasteiger partial charge in [-0.2, -0.15) is 0 Å². The quantitative estimate of drug-likeness (QED) is 0.128. The van der Waals surface area contributed by atoms with Gasteiger partial charge in [0.2, 0.25) is 0 Å². The Morgan fingerprint density at radius 3 is 1.66 bits per heavy atom. The molecule has 6 aromatic rings. The first-order chi connectivity index (χ1) is 23.1. The predicted molar refractivity (Wildman–Crippen MR) is 205 cm³/mol. The molecular formula is C41H26Cl8Zr. The van der Waals surface area contributed by atoms with Crippen molar-refractivity contribution in [3.8, 4) is 11.1 Å². The van der Waals surface area contributed by atoms with Crippen LogP contribution in [0.5, 0.6) is 0 Å². The summed E-state index contributed by atoms with van der Waals surface area (Å²) in [6.07, 6.45) is 7.70. The standard InChI is InChI=1S/C21H13.C15H8Cl6.C5H5.2ClH.Zr/c1-2-8-15-14(7-1)13-20-18-11-4-3-9-16(18)17-10-5-6-12-19(17)21(15)20;16-14(17,18)12-5-1-3-10(8-12)7-11-4-2-6-13(9-11)15(19,20)21;1-2-4-5-3-1;;;/h1-13H;1-6,8-9H;1-3H,4H2;2*1H;/q;;;;;+2/p-2. The third kappa shape index (κ3) is 6.82. The summed E-state index contributed by atoms with van der Waals surface area (Å²) < 4.78 is -0.262. The van der Waals surface area contributed by atoms with Crippen LogP contribution >= 0.6 is 69.6 Å². The Morgan fingerprint density at radius 1 is 0.580 bits per heavy atom. The largest absolute Gasteiger partial charge is 1.00 e. The maximum absolute atomic E-state index is 6.52. The molecule has 0 spiro atoms. The second-order valence-corrected chi connectivity index (χ2v) is 23.0. The van der Waals surface area contributed by atoms with E-state index in [2.05, 4.69) is 103 Å². The monoisotopic (exact) mass is 888 g/mol. The van der Waals surface area contributed by atoms with E-state index in [0.717, 1.165) is 17.5 Å². The summed E-state index contributed by atoms with van der Waals surface area (Å²) in [5.74, 6) is 0. The van der Waals surface area contributed by atoms with E-state index in [-0.39, 0.29) is 28.4 Å². The van der Waals surface area contributed by atoms with Crippen LogP contribution in [0.3, 0.4) is 0 Å². The summed E-state index contributed by atoms with van der Waals surface area (Å²) in [7, 11) is 0. The van der Waals surface area contributed by atoms with Gasteiger partial charge in [-0.25, -0.2) is 0 Å². The molecule has 8 rings (SSSR count). The first-order valence-corrected chi connectivity index (χ1v) is 21.7. The minimum Gasteiger partial charge on any atom is -1.00 e. The molecule has 0 N–H and O–H groups in total. The first kappa shape index (κ1) is 38.1. The molecule has 0 nitrogen and oxygen atoms in total. The van der Waals surface area contributed by atoms with Gasteiger partial charge < -0.3 is 24.8 Å². The zero-order valence-electron chi connectivity index (χ0n) is 26.1. The molecule has 1 unspecified atom stereocenters. The fourth-order valence-corrected chi connectivity index (χ4v) is 17.3. The molecule has 0 aliphatic heterocycles. The van der Waals surface area contributed by atoms with E-state index >= 15 is 0 Å². The molecule has 50 heavy (non-hydrogen) atoms. The van der Waals surface area contributed by atoms with E-state index in [1.54, 1.807) is 0 Å². The van der Waals surface area contributed by atoms with Crippen molar-refractivity contribution in [2.24, 2.45) is 0 Å². The summed E-state index contributed by atoms with van der Waals surface area (Å²) in [6.45, 7) is 0. The van der Waals surface area contributed by atoms with E-state index in [9.17, 15) is 0 Å². The molecule has 0 saturated carbocycles. The topological polar surface area (TPSA) is 0 Å². The summed E-state index contributed by atoms with van der Waals surface area (Å²) in [5.41, 5.74) is 8.68. The van der Waals surface area contributed by atoms with Crippen LogP contribution in [-0.2, 0) is 28.9 Å². The zero-order chi connectivity index (χ0) is 33.2. The summed E-state index contributed by atoms with van der Waals surface area (Å²) in [4.78, 5) is 0. The molecule has 0 bridgehead atoms. The molecule has 0 saturated heterocycles. The van der Waals surface area contributed by atoms with Crippen LogP contribution in [0.25, 0.3) is 32.7 Å². The summed E-state index contributed by atoms with van der Waals surface area (Å²) in [5, 5.41) is 5.11. The van der Waals surface area contributed by atoms with Gasteiger partial charge in [-0.05, 0) is 0 Å². The fraction of sp³-hybridized carbons (Fsp3) is 0.0976. The number of halogens is 8. The average Bonchev–Trinajstić information content (AvgIpc) is 3.74. The Bertz CT molecular complexity index is 2300. The van der Waals surface area contributed by atoms with E-state index in [0.29, 0.717) is 11.1 Å². The second-order valence-electron chi connectivity index (χ2n) is 12.2. The fourth-order valence-electron chi connectivity index (χ4n) is 7.51. The molecule has 0 fully saturated rings. The van der Waals surface area contributed by atoms with Gasteiger partial charge in [0.15, 0.2) is 0 Å². The number of rotatable bonds is 4. The first-order valence-electron chi connectivity index (χ1n) is 15.6. The van der Waals surface area contributed by atoms with Crippen LogP contribution in [0.15, 0.2) is 143 Å². The van der Waals surface area contributed by atoms with Crippen molar-refractivity contribution in [3.05, 3.63) is 176 Å². The van der Waals surface area contributed by atoms with E-state index in [4.69, 9.17) is 69.6 Å². The van der Waals surface area contributed by atoms with Gasteiger partial charge in [0.1, 0.15) is 0 Å². The normalized spacial score (nSPS) is 14.7. The predicted octanol–water partition coefficient (Wildman–Crippen LogP) is 7.46. The van der Waals surface area contributed by atoms with Crippen molar-refractivity contribution >= 4 is 94.4 Å². The van der Waals surface area contributed by atoms with Crippen molar-refractivity contribution in [3.63, 3.8) is 0 Å².